The molecule has 0 unspecified atom stereocenters. The first-order chi connectivity index (χ1) is 6.04. The molecule has 78 valence electrons. The number of hydrogen-bond acceptors (Lipinski definition) is 5. The average molecular weight is 194 g/mol. The predicted molar refractivity (Wildman–Crippen MR) is 44.5 cm³/mol. The van der Waals surface area contributed by atoms with Gasteiger partial charge in [0.05, 0.1) is 0 Å². The molecule has 0 saturated carbocycles. The fourth-order valence-corrected chi connectivity index (χ4v) is 0.325. The number of ether oxygens (including phenoxy) is 1. The molecule has 7 heteroatoms. The van der Waals surface area contributed by atoms with E-state index in [2.05, 4.69) is 29.4 Å². The Bertz CT molecular complexity index is 134. The van der Waals surface area contributed by atoms with E-state index in [4.69, 9.17) is 10.2 Å². The third kappa shape index (κ3) is 25.0. The summed E-state index contributed by atoms with van der Waals surface area (Å²) < 4.78 is 3.08. The first-order valence-corrected chi connectivity index (χ1v) is 3.64. The van der Waals surface area contributed by atoms with Gasteiger partial charge in [-0.05, 0) is 0 Å². The minimum atomic E-state index is -1.81. The lowest BCUT2D eigenvalue weighted by molar-refractivity contribution is 0.0802. The van der Waals surface area contributed by atoms with Crippen LogP contribution in [0.2, 0.25) is 0 Å². The molecular formula is C6H14N2O5. The smallest absolute Gasteiger partial charge is 0.449 e. The maximum atomic E-state index is 9.21. The van der Waals surface area contributed by atoms with Gasteiger partial charge in [-0.25, -0.2) is 9.59 Å². The van der Waals surface area contributed by atoms with Gasteiger partial charge < -0.3 is 14.9 Å². The standard InChI is InChI=1S/C4H12N2.C2H2O5/c1-3-5-6-4-2;3-1(4)7-2(5)6/h5-6H,3-4H2,1-2H3;(H,3,4)(H,5,6). The van der Waals surface area contributed by atoms with Crippen LogP contribution in [0.4, 0.5) is 9.59 Å². The van der Waals surface area contributed by atoms with Crippen molar-refractivity contribution in [3.05, 3.63) is 0 Å². The topological polar surface area (TPSA) is 108 Å². The van der Waals surface area contributed by atoms with Gasteiger partial charge >= 0.3 is 12.3 Å². The van der Waals surface area contributed by atoms with Crippen LogP contribution < -0.4 is 10.9 Å². The summed E-state index contributed by atoms with van der Waals surface area (Å²) >= 11 is 0. The zero-order valence-corrected chi connectivity index (χ0v) is 7.53. The third-order valence-electron chi connectivity index (χ3n) is 0.653. The van der Waals surface area contributed by atoms with Crippen LogP contribution >= 0.6 is 0 Å². The van der Waals surface area contributed by atoms with Crippen molar-refractivity contribution in [2.24, 2.45) is 0 Å². The van der Waals surface area contributed by atoms with Crippen molar-refractivity contribution in [3.63, 3.8) is 0 Å². The van der Waals surface area contributed by atoms with Gasteiger partial charge in [0.25, 0.3) is 0 Å². The van der Waals surface area contributed by atoms with Crippen molar-refractivity contribution in [1.29, 1.82) is 0 Å². The molecule has 4 N–H and O–H groups in total. The van der Waals surface area contributed by atoms with Crippen molar-refractivity contribution in [3.8, 4) is 0 Å². The predicted octanol–water partition coefficient (Wildman–Crippen LogP) is 0.479. The van der Waals surface area contributed by atoms with Gasteiger partial charge in [0.1, 0.15) is 0 Å². The molecule has 13 heavy (non-hydrogen) atoms. The second-order valence-electron chi connectivity index (χ2n) is 1.69. The molecule has 0 aliphatic carbocycles. The first kappa shape index (κ1) is 14.2. The van der Waals surface area contributed by atoms with Crippen molar-refractivity contribution < 1.29 is 24.5 Å². The molecule has 0 saturated heterocycles. The molecular weight excluding hydrogens is 180 g/mol. The highest BCUT2D eigenvalue weighted by molar-refractivity contribution is 5.74. The number of nitrogens with one attached hydrogen (secondary N) is 2. The Morgan fingerprint density at radius 2 is 1.38 bits per heavy atom. The van der Waals surface area contributed by atoms with Crippen molar-refractivity contribution in [2.75, 3.05) is 13.1 Å². The molecule has 0 aromatic rings. The lowest BCUT2D eigenvalue weighted by Gasteiger charge is -1.95. The summed E-state index contributed by atoms with van der Waals surface area (Å²) in [5, 5.41) is 15.0. The summed E-state index contributed by atoms with van der Waals surface area (Å²) in [6, 6.07) is 0. The summed E-state index contributed by atoms with van der Waals surface area (Å²) in [5.74, 6) is 0. The van der Waals surface area contributed by atoms with Gasteiger partial charge in [-0.15, -0.1) is 0 Å². The third-order valence-corrected chi connectivity index (χ3v) is 0.653. The first-order valence-electron chi connectivity index (χ1n) is 3.64. The average Bonchev–Trinajstić information content (AvgIpc) is 1.99. The van der Waals surface area contributed by atoms with Crippen LogP contribution in [-0.4, -0.2) is 35.6 Å². The monoisotopic (exact) mass is 194 g/mol. The normalized spacial score (nSPS) is 8.15. The van der Waals surface area contributed by atoms with E-state index >= 15 is 0 Å². The van der Waals surface area contributed by atoms with Gasteiger partial charge in [0, 0.05) is 13.1 Å². The van der Waals surface area contributed by atoms with E-state index in [1.165, 1.54) is 0 Å². The zero-order valence-electron chi connectivity index (χ0n) is 7.53. The number of carboxylic acid groups (broad SMARTS) is 2. The Hall–Kier alpha value is -1.34. The Kier molecular flexibility index (Phi) is 11.6. The molecule has 0 fully saturated rings. The molecule has 0 radical (unpaired) electrons. The summed E-state index contributed by atoms with van der Waals surface area (Å²) in [4.78, 5) is 18.4. The van der Waals surface area contributed by atoms with E-state index in [0.717, 1.165) is 13.1 Å². The van der Waals surface area contributed by atoms with Crippen LogP contribution in [0.1, 0.15) is 13.8 Å². The van der Waals surface area contributed by atoms with Gasteiger partial charge in [0.2, 0.25) is 0 Å². The maximum absolute atomic E-state index is 9.21. The van der Waals surface area contributed by atoms with Crippen molar-refractivity contribution in [2.45, 2.75) is 13.8 Å². The number of carbonyl (C=O) groups is 2. The molecule has 0 atom stereocenters. The number of hydrogen-bond donors (Lipinski definition) is 4. The maximum Gasteiger partial charge on any atom is 0.516 e. The lowest BCUT2D eigenvalue weighted by atomic mass is 10.8. The zero-order chi connectivity index (χ0) is 10.7. The molecule has 0 aromatic carbocycles. The summed E-state index contributed by atoms with van der Waals surface area (Å²) in [5.41, 5.74) is 5.90. The van der Waals surface area contributed by atoms with Crippen LogP contribution in [-0.2, 0) is 4.74 Å². The lowest BCUT2D eigenvalue weighted by Crippen LogP contribution is -2.30. The molecule has 0 aliphatic heterocycles. The molecule has 0 heterocycles. The Balaban J connectivity index is 0. The highest BCUT2D eigenvalue weighted by Crippen LogP contribution is 1.73. The molecule has 0 amide bonds. The fourth-order valence-electron chi connectivity index (χ4n) is 0.325. The highest BCUT2D eigenvalue weighted by atomic mass is 16.7. The number of hydrazine groups is 1. The molecule has 0 bridgehead atoms. The molecule has 0 spiro atoms. The van der Waals surface area contributed by atoms with Crippen molar-refractivity contribution in [1.82, 2.24) is 10.9 Å². The Labute approximate surface area is 75.7 Å². The molecule has 0 rings (SSSR count). The van der Waals surface area contributed by atoms with Crippen LogP contribution in [0.15, 0.2) is 0 Å². The van der Waals surface area contributed by atoms with E-state index in [1.54, 1.807) is 0 Å². The fraction of sp³-hybridized carbons (Fsp3) is 0.667. The van der Waals surface area contributed by atoms with Gasteiger partial charge in [-0.2, -0.15) is 0 Å². The largest absolute Gasteiger partial charge is 0.516 e. The van der Waals surface area contributed by atoms with Gasteiger partial charge in [-0.1, -0.05) is 13.8 Å². The minimum absolute atomic E-state index is 0.994. The number of rotatable bonds is 3. The molecule has 7 nitrogen and oxygen atoms in total. The van der Waals surface area contributed by atoms with E-state index < -0.39 is 12.3 Å². The van der Waals surface area contributed by atoms with Gasteiger partial charge in [-0.3, -0.25) is 10.9 Å². The van der Waals surface area contributed by atoms with Crippen molar-refractivity contribution >= 4 is 12.3 Å². The van der Waals surface area contributed by atoms with E-state index in [1.807, 2.05) is 0 Å². The molecule has 0 aromatic heterocycles. The van der Waals surface area contributed by atoms with Crippen LogP contribution in [0.3, 0.4) is 0 Å². The Morgan fingerprint density at radius 3 is 1.46 bits per heavy atom. The van der Waals surface area contributed by atoms with Gasteiger partial charge in [0.15, 0.2) is 0 Å². The summed E-state index contributed by atoms with van der Waals surface area (Å²) in [6.45, 7) is 6.10. The molecule has 0 aliphatic rings. The van der Waals surface area contributed by atoms with Crippen LogP contribution in [0.25, 0.3) is 0 Å². The van der Waals surface area contributed by atoms with Crippen LogP contribution in [0.5, 0.6) is 0 Å². The Morgan fingerprint density at radius 1 is 1.08 bits per heavy atom. The highest BCUT2D eigenvalue weighted by Gasteiger charge is 2.01. The second-order valence-corrected chi connectivity index (χ2v) is 1.69. The van der Waals surface area contributed by atoms with E-state index in [-0.39, 0.29) is 0 Å². The van der Waals surface area contributed by atoms with Crippen LogP contribution in [0, 0.1) is 0 Å². The van der Waals surface area contributed by atoms with E-state index in [0.29, 0.717) is 0 Å². The summed E-state index contributed by atoms with van der Waals surface area (Å²) in [7, 11) is 0. The quantitative estimate of drug-likeness (QED) is 0.224. The second kappa shape index (κ2) is 10.7. The minimum Gasteiger partial charge on any atom is -0.449 e. The SMILES string of the molecule is CCNNCC.O=C(O)OC(=O)O. The van der Waals surface area contributed by atoms with E-state index in [9.17, 15) is 9.59 Å². The summed E-state index contributed by atoms with van der Waals surface area (Å²) in [6.07, 6.45) is -3.62.